The number of aromatic nitrogens is 2. The molecule has 0 saturated carbocycles. The average Bonchev–Trinajstić information content (AvgIpc) is 3.60. The van der Waals surface area contributed by atoms with Crippen LogP contribution >= 0.6 is 11.3 Å². The lowest BCUT2D eigenvalue weighted by atomic mass is 9.95. The van der Waals surface area contributed by atoms with Crippen LogP contribution in [0.1, 0.15) is 92.8 Å². The molecule has 4 rings (SSSR count). The van der Waals surface area contributed by atoms with E-state index in [1.807, 2.05) is 54.6 Å². The molecule has 1 unspecified atom stereocenters. The van der Waals surface area contributed by atoms with Crippen molar-refractivity contribution in [1.29, 1.82) is 0 Å². The molecule has 0 radical (unpaired) electrons. The zero-order valence-electron chi connectivity index (χ0n) is 29.1. The van der Waals surface area contributed by atoms with Gasteiger partial charge in [0.25, 0.3) is 5.91 Å². The average molecular weight is 687 g/mol. The first kappa shape index (κ1) is 37.7. The summed E-state index contributed by atoms with van der Waals surface area (Å²) < 4.78 is 5.89. The van der Waals surface area contributed by atoms with Crippen LogP contribution in [0.4, 0.5) is 0 Å². The molecule has 0 bridgehead atoms. The van der Waals surface area contributed by atoms with E-state index in [2.05, 4.69) is 48.3 Å². The smallest absolute Gasteiger partial charge is 0.262 e. The molecule has 2 aromatic carbocycles. The first-order valence-electron chi connectivity index (χ1n) is 17.2. The molecule has 0 spiro atoms. The SMILES string of the molecule is CCCCCCCOc1ccc(-c2cnc(-c3ccc(CC(NC(=O)c4ccc(C(C)(C)C)s4)C(=O)NCCCC(O)O)cc3)nc2)cc1. The summed E-state index contributed by atoms with van der Waals surface area (Å²) in [6.07, 6.45) is 9.04. The van der Waals surface area contributed by atoms with E-state index < -0.39 is 12.3 Å². The summed E-state index contributed by atoms with van der Waals surface area (Å²) in [4.78, 5) is 37.2. The Morgan fingerprint density at radius 1 is 0.837 bits per heavy atom. The number of amides is 2. The molecular formula is C39H50N4O5S. The number of carbonyl (C=O) groups excluding carboxylic acids is 2. The second kappa shape index (κ2) is 18.6. The number of carbonyl (C=O) groups is 2. The summed E-state index contributed by atoms with van der Waals surface area (Å²) in [5.74, 6) is 0.799. The molecule has 0 aliphatic rings. The summed E-state index contributed by atoms with van der Waals surface area (Å²) in [6, 6.07) is 18.5. The van der Waals surface area contributed by atoms with Gasteiger partial charge in [-0.05, 0) is 60.1 Å². The Balaban J connectivity index is 1.38. The zero-order chi connectivity index (χ0) is 35.2. The van der Waals surface area contributed by atoms with Crippen molar-refractivity contribution in [3.05, 3.63) is 88.4 Å². The quantitative estimate of drug-likeness (QED) is 0.0650. The van der Waals surface area contributed by atoms with Crippen molar-refractivity contribution >= 4 is 23.2 Å². The van der Waals surface area contributed by atoms with Crippen LogP contribution < -0.4 is 15.4 Å². The molecule has 0 saturated heterocycles. The van der Waals surface area contributed by atoms with Gasteiger partial charge in [0.15, 0.2) is 12.1 Å². The summed E-state index contributed by atoms with van der Waals surface area (Å²) >= 11 is 1.42. The number of hydrogen-bond donors (Lipinski definition) is 4. The van der Waals surface area contributed by atoms with Crippen LogP contribution in [0.5, 0.6) is 5.75 Å². The first-order valence-corrected chi connectivity index (χ1v) is 18.0. The van der Waals surface area contributed by atoms with Gasteiger partial charge >= 0.3 is 0 Å². The molecule has 0 aliphatic carbocycles. The van der Waals surface area contributed by atoms with E-state index in [0.717, 1.165) is 45.9 Å². The molecule has 4 aromatic rings. The number of benzene rings is 2. The number of aliphatic hydroxyl groups excluding tert-OH is 1. The molecule has 2 aromatic heterocycles. The molecule has 9 nitrogen and oxygen atoms in total. The number of nitrogens with zero attached hydrogens (tertiary/aromatic N) is 2. The molecule has 10 heteroatoms. The fraction of sp³-hybridized carbons (Fsp3) is 0.436. The van der Waals surface area contributed by atoms with E-state index in [9.17, 15) is 9.59 Å². The van der Waals surface area contributed by atoms with Crippen molar-refractivity contribution < 1.29 is 24.5 Å². The Bertz CT molecular complexity index is 1600. The molecule has 0 aliphatic heterocycles. The zero-order valence-corrected chi connectivity index (χ0v) is 29.9. The fourth-order valence-electron chi connectivity index (χ4n) is 5.21. The second-order valence-corrected chi connectivity index (χ2v) is 14.4. The maximum atomic E-state index is 13.2. The normalized spacial score (nSPS) is 12.1. The van der Waals surface area contributed by atoms with Crippen molar-refractivity contribution in [2.24, 2.45) is 0 Å². The van der Waals surface area contributed by atoms with Gasteiger partial charge in [0, 0.05) is 41.4 Å². The van der Waals surface area contributed by atoms with Crippen LogP contribution in [0.15, 0.2) is 73.1 Å². The van der Waals surface area contributed by atoms with E-state index in [0.29, 0.717) is 17.1 Å². The van der Waals surface area contributed by atoms with Crippen LogP contribution in [0, 0.1) is 0 Å². The van der Waals surface area contributed by atoms with Crippen molar-refractivity contribution in [1.82, 2.24) is 20.6 Å². The fourth-order valence-corrected chi connectivity index (χ4v) is 6.18. The number of ether oxygens (including phenoxy) is 1. The van der Waals surface area contributed by atoms with Crippen molar-refractivity contribution in [2.45, 2.75) is 96.8 Å². The number of rotatable bonds is 18. The lowest BCUT2D eigenvalue weighted by Gasteiger charge is -2.19. The lowest BCUT2D eigenvalue weighted by molar-refractivity contribution is -0.123. The third kappa shape index (κ3) is 12.1. The monoisotopic (exact) mass is 686 g/mol. The van der Waals surface area contributed by atoms with Crippen molar-refractivity contribution in [2.75, 3.05) is 13.2 Å². The summed E-state index contributed by atoms with van der Waals surface area (Å²) in [5.41, 5.74) is 3.52. The minimum Gasteiger partial charge on any atom is -0.494 e. The van der Waals surface area contributed by atoms with Gasteiger partial charge in [-0.15, -0.1) is 11.3 Å². The number of nitrogens with one attached hydrogen (secondary N) is 2. The molecular weight excluding hydrogens is 637 g/mol. The highest BCUT2D eigenvalue weighted by Gasteiger charge is 2.24. The van der Waals surface area contributed by atoms with E-state index in [1.165, 1.54) is 37.0 Å². The maximum absolute atomic E-state index is 13.2. The highest BCUT2D eigenvalue weighted by atomic mass is 32.1. The van der Waals surface area contributed by atoms with Gasteiger partial charge in [0.2, 0.25) is 5.91 Å². The molecule has 49 heavy (non-hydrogen) atoms. The summed E-state index contributed by atoms with van der Waals surface area (Å²) in [6.45, 7) is 9.48. The Kier molecular flexibility index (Phi) is 14.3. The largest absolute Gasteiger partial charge is 0.494 e. The Labute approximate surface area is 294 Å². The van der Waals surface area contributed by atoms with Gasteiger partial charge in [0.05, 0.1) is 11.5 Å². The Morgan fingerprint density at radius 3 is 2.14 bits per heavy atom. The predicted octanol–water partition coefficient (Wildman–Crippen LogP) is 7.07. The van der Waals surface area contributed by atoms with Gasteiger partial charge in [0.1, 0.15) is 11.8 Å². The van der Waals surface area contributed by atoms with Crippen molar-refractivity contribution in [3.63, 3.8) is 0 Å². The van der Waals surface area contributed by atoms with Crippen LogP contribution in [0.3, 0.4) is 0 Å². The number of thiophene rings is 1. The molecule has 262 valence electrons. The van der Waals surface area contributed by atoms with Gasteiger partial charge in [-0.25, -0.2) is 9.97 Å². The number of aliphatic hydroxyl groups is 2. The Hall–Kier alpha value is -4.12. The number of hydrogen-bond acceptors (Lipinski definition) is 8. The topological polar surface area (TPSA) is 134 Å². The lowest BCUT2D eigenvalue weighted by Crippen LogP contribution is -2.48. The van der Waals surface area contributed by atoms with Gasteiger partial charge < -0.3 is 25.6 Å². The number of unbranched alkanes of at least 4 members (excludes halogenated alkanes) is 4. The molecule has 2 heterocycles. The predicted molar refractivity (Wildman–Crippen MR) is 196 cm³/mol. The van der Waals surface area contributed by atoms with Crippen LogP contribution in [-0.4, -0.2) is 57.5 Å². The highest BCUT2D eigenvalue weighted by Crippen LogP contribution is 2.29. The first-order chi connectivity index (χ1) is 23.5. The minimum absolute atomic E-state index is 0.0866. The Morgan fingerprint density at radius 2 is 1.51 bits per heavy atom. The molecule has 2 amide bonds. The van der Waals surface area contributed by atoms with E-state index in [-0.39, 0.29) is 36.6 Å². The highest BCUT2D eigenvalue weighted by molar-refractivity contribution is 7.14. The third-order valence-electron chi connectivity index (χ3n) is 8.14. The van der Waals surface area contributed by atoms with Crippen LogP contribution in [0.2, 0.25) is 0 Å². The summed E-state index contributed by atoms with van der Waals surface area (Å²) in [5, 5.41) is 24.0. The van der Waals surface area contributed by atoms with Gasteiger partial charge in [-0.1, -0.05) is 89.8 Å². The minimum atomic E-state index is -1.43. The summed E-state index contributed by atoms with van der Waals surface area (Å²) in [7, 11) is 0. The van der Waals surface area contributed by atoms with E-state index >= 15 is 0 Å². The van der Waals surface area contributed by atoms with Crippen LogP contribution in [-0.2, 0) is 16.6 Å². The van der Waals surface area contributed by atoms with Gasteiger partial charge in [-0.3, -0.25) is 9.59 Å². The van der Waals surface area contributed by atoms with Gasteiger partial charge in [-0.2, -0.15) is 0 Å². The molecule has 4 N–H and O–H groups in total. The standard InChI is InChI=1S/C39H50N4O5S/c1-5-6-7-8-9-23-48-31-18-16-28(17-19-31)30-25-41-36(42-26-30)29-14-12-27(13-15-29)24-32(37(46)40-22-10-11-35(44)45)43-38(47)33-20-21-34(49-33)39(2,3)4/h12-21,25-26,32,35,44-45H,5-11,22-24H2,1-4H3,(H,40,46)(H,43,47). The third-order valence-corrected chi connectivity index (χ3v) is 9.65. The molecule has 1 atom stereocenters. The molecule has 0 fully saturated rings. The van der Waals surface area contributed by atoms with E-state index in [1.54, 1.807) is 18.5 Å². The van der Waals surface area contributed by atoms with E-state index in [4.69, 9.17) is 14.9 Å². The van der Waals surface area contributed by atoms with Crippen LogP contribution in [0.25, 0.3) is 22.5 Å². The second-order valence-electron chi connectivity index (χ2n) is 13.3. The van der Waals surface area contributed by atoms with Crippen molar-refractivity contribution in [3.8, 4) is 28.3 Å². The maximum Gasteiger partial charge on any atom is 0.262 e.